The molecule has 2 aliphatic heterocycles. The average Bonchev–Trinajstić information content (AvgIpc) is 3.22. The molecule has 1 unspecified atom stereocenters. The van der Waals surface area contributed by atoms with Gasteiger partial charge < -0.3 is 14.7 Å². The third-order valence-electron chi connectivity index (χ3n) is 7.40. The third kappa shape index (κ3) is 5.01. The van der Waals surface area contributed by atoms with Crippen molar-refractivity contribution in [1.29, 1.82) is 5.26 Å². The van der Waals surface area contributed by atoms with Crippen molar-refractivity contribution in [3.8, 4) is 6.07 Å². The van der Waals surface area contributed by atoms with Crippen molar-refractivity contribution >= 4 is 17.5 Å². The lowest BCUT2D eigenvalue weighted by molar-refractivity contribution is -0.139. The van der Waals surface area contributed by atoms with Gasteiger partial charge in [-0.2, -0.15) is 18.4 Å². The highest BCUT2D eigenvalue weighted by Gasteiger charge is 2.52. The molecule has 2 amide bonds. The fourth-order valence-electron chi connectivity index (χ4n) is 5.37. The lowest BCUT2D eigenvalue weighted by Gasteiger charge is -2.42. The maximum absolute atomic E-state index is 13.6. The number of hydrogen-bond donors (Lipinski definition) is 0. The Kier molecular flexibility index (Phi) is 6.94. The number of hydrogen-bond acceptors (Lipinski definition) is 5. The smallest absolute Gasteiger partial charge is 0.370 e. The van der Waals surface area contributed by atoms with Gasteiger partial charge in [0.05, 0.1) is 29.5 Å². The standard InChI is InChI=1S/C26H28F3N5O2/c1-32(2)24(36)22-16-34(20-4-3-19(15-30)21(14-20)26(27,28)29)17-25(22)7-11-33(12-8-25)23(35)13-18-5-9-31-10-6-18/h3-6,9-10,14,22H,7-8,11-13,16-17H2,1-2H3. The zero-order chi connectivity index (χ0) is 26.1. The number of alkyl halides is 3. The molecular formula is C26H28F3N5O2. The SMILES string of the molecule is CN(C)C(=O)C1CN(c2ccc(C#N)c(C(F)(F)F)c2)CC12CCN(C(=O)Cc1ccncc1)CC2. The molecule has 1 aromatic heterocycles. The number of benzene rings is 1. The number of piperidine rings is 1. The van der Waals surface area contributed by atoms with E-state index in [4.69, 9.17) is 5.26 Å². The maximum Gasteiger partial charge on any atom is 0.417 e. The number of carbonyl (C=O) groups excluding carboxylic acids is 2. The van der Waals surface area contributed by atoms with E-state index < -0.39 is 28.6 Å². The Morgan fingerprint density at radius 2 is 1.83 bits per heavy atom. The van der Waals surface area contributed by atoms with Gasteiger partial charge in [0.2, 0.25) is 11.8 Å². The number of aromatic nitrogens is 1. The molecule has 36 heavy (non-hydrogen) atoms. The van der Waals surface area contributed by atoms with E-state index in [1.165, 1.54) is 17.0 Å². The monoisotopic (exact) mass is 499 g/mol. The Balaban J connectivity index is 1.55. The van der Waals surface area contributed by atoms with E-state index in [1.54, 1.807) is 49.6 Å². The van der Waals surface area contributed by atoms with Crippen LogP contribution in [-0.2, 0) is 22.2 Å². The third-order valence-corrected chi connectivity index (χ3v) is 7.40. The van der Waals surface area contributed by atoms with Gasteiger partial charge in [-0.3, -0.25) is 14.6 Å². The predicted octanol–water partition coefficient (Wildman–Crippen LogP) is 3.35. The number of anilines is 1. The molecule has 0 aliphatic carbocycles. The van der Waals surface area contributed by atoms with E-state index in [0.717, 1.165) is 11.6 Å². The quantitative estimate of drug-likeness (QED) is 0.645. The summed E-state index contributed by atoms with van der Waals surface area (Å²) < 4.78 is 40.7. The van der Waals surface area contributed by atoms with Crippen LogP contribution in [0.25, 0.3) is 0 Å². The molecule has 0 N–H and O–H groups in total. The lowest BCUT2D eigenvalue weighted by Crippen LogP contribution is -2.49. The highest BCUT2D eigenvalue weighted by molar-refractivity contribution is 5.82. The molecule has 3 heterocycles. The summed E-state index contributed by atoms with van der Waals surface area (Å²) in [6, 6.07) is 8.92. The van der Waals surface area contributed by atoms with E-state index >= 15 is 0 Å². The van der Waals surface area contributed by atoms with Gasteiger partial charge in [-0.25, -0.2) is 0 Å². The average molecular weight is 500 g/mol. The summed E-state index contributed by atoms with van der Waals surface area (Å²) in [5.41, 5.74) is -0.644. The first-order valence-electron chi connectivity index (χ1n) is 11.8. The summed E-state index contributed by atoms with van der Waals surface area (Å²) in [6.45, 7) is 1.66. The van der Waals surface area contributed by atoms with Gasteiger partial charge in [0, 0.05) is 63.8 Å². The summed E-state index contributed by atoms with van der Waals surface area (Å²) >= 11 is 0. The molecule has 7 nitrogen and oxygen atoms in total. The van der Waals surface area contributed by atoms with Gasteiger partial charge >= 0.3 is 6.18 Å². The van der Waals surface area contributed by atoms with E-state index in [1.807, 2.05) is 4.90 Å². The van der Waals surface area contributed by atoms with Crippen molar-refractivity contribution in [2.75, 3.05) is 45.2 Å². The molecule has 2 aromatic rings. The van der Waals surface area contributed by atoms with Crippen LogP contribution in [0, 0.1) is 22.7 Å². The molecule has 10 heteroatoms. The molecule has 0 bridgehead atoms. The van der Waals surface area contributed by atoms with E-state index in [2.05, 4.69) is 4.98 Å². The van der Waals surface area contributed by atoms with Gasteiger partial charge in [-0.1, -0.05) is 0 Å². The fourth-order valence-corrected chi connectivity index (χ4v) is 5.37. The van der Waals surface area contributed by atoms with Crippen molar-refractivity contribution in [1.82, 2.24) is 14.8 Å². The molecule has 2 fully saturated rings. The summed E-state index contributed by atoms with van der Waals surface area (Å²) in [5, 5.41) is 9.13. The van der Waals surface area contributed by atoms with Gasteiger partial charge in [-0.15, -0.1) is 0 Å². The topological polar surface area (TPSA) is 80.5 Å². The number of nitriles is 1. The van der Waals surface area contributed by atoms with E-state index in [-0.39, 0.29) is 24.8 Å². The molecule has 190 valence electrons. The van der Waals surface area contributed by atoms with Crippen LogP contribution in [0.15, 0.2) is 42.7 Å². The summed E-state index contributed by atoms with van der Waals surface area (Å²) in [4.78, 5) is 35.1. The van der Waals surface area contributed by atoms with Crippen molar-refractivity contribution in [3.05, 3.63) is 59.4 Å². The van der Waals surface area contributed by atoms with Gasteiger partial charge in [0.25, 0.3) is 0 Å². The number of nitrogens with zero attached hydrogens (tertiary/aromatic N) is 5. The number of amides is 2. The number of pyridine rings is 1. The fraction of sp³-hybridized carbons (Fsp3) is 0.462. The largest absolute Gasteiger partial charge is 0.417 e. The van der Waals surface area contributed by atoms with Crippen molar-refractivity contribution in [3.63, 3.8) is 0 Å². The van der Waals surface area contributed by atoms with E-state index in [0.29, 0.717) is 38.2 Å². The zero-order valence-corrected chi connectivity index (χ0v) is 20.3. The summed E-state index contributed by atoms with van der Waals surface area (Å²) in [5.74, 6) is -0.475. The Bertz CT molecular complexity index is 1170. The molecule has 2 saturated heterocycles. The minimum Gasteiger partial charge on any atom is -0.370 e. The summed E-state index contributed by atoms with van der Waals surface area (Å²) in [6.07, 6.45) is 0.0684. The van der Waals surface area contributed by atoms with Crippen LogP contribution < -0.4 is 4.90 Å². The van der Waals surface area contributed by atoms with Gasteiger partial charge in [0.15, 0.2) is 0 Å². The van der Waals surface area contributed by atoms with Crippen LogP contribution in [0.3, 0.4) is 0 Å². The number of rotatable bonds is 4. The first kappa shape index (κ1) is 25.5. The number of halogens is 3. The maximum atomic E-state index is 13.6. The minimum atomic E-state index is -4.65. The highest BCUT2D eigenvalue weighted by Crippen LogP contribution is 2.47. The first-order valence-corrected chi connectivity index (χ1v) is 11.8. The molecule has 1 aromatic carbocycles. The molecule has 1 atom stereocenters. The lowest BCUT2D eigenvalue weighted by atomic mass is 9.70. The number of carbonyl (C=O) groups is 2. The van der Waals surface area contributed by atoms with Gasteiger partial charge in [-0.05, 0) is 48.7 Å². The van der Waals surface area contributed by atoms with Crippen molar-refractivity contribution in [2.45, 2.75) is 25.4 Å². The Morgan fingerprint density at radius 1 is 1.17 bits per heavy atom. The second kappa shape index (κ2) is 9.80. The van der Waals surface area contributed by atoms with Crippen LogP contribution in [0.4, 0.5) is 18.9 Å². The van der Waals surface area contributed by atoms with E-state index in [9.17, 15) is 22.8 Å². The molecule has 4 rings (SSSR count). The molecule has 0 radical (unpaired) electrons. The molecule has 1 spiro atoms. The Hall–Kier alpha value is -3.61. The zero-order valence-electron chi connectivity index (χ0n) is 20.3. The van der Waals surface area contributed by atoms with Crippen molar-refractivity contribution in [2.24, 2.45) is 11.3 Å². The van der Waals surface area contributed by atoms with Crippen LogP contribution in [-0.4, -0.2) is 66.9 Å². The summed E-state index contributed by atoms with van der Waals surface area (Å²) in [7, 11) is 3.35. The second-order valence-corrected chi connectivity index (χ2v) is 9.78. The van der Waals surface area contributed by atoms with Crippen LogP contribution >= 0.6 is 0 Å². The van der Waals surface area contributed by atoms with Crippen molar-refractivity contribution < 1.29 is 22.8 Å². The molecule has 0 saturated carbocycles. The highest BCUT2D eigenvalue weighted by atomic mass is 19.4. The number of likely N-dealkylation sites (tertiary alicyclic amines) is 1. The normalized spacial score (nSPS) is 19.3. The Morgan fingerprint density at radius 3 is 2.42 bits per heavy atom. The van der Waals surface area contributed by atoms with Crippen LogP contribution in [0.2, 0.25) is 0 Å². The Labute approximate surface area is 208 Å². The minimum absolute atomic E-state index is 0.00306. The second-order valence-electron chi connectivity index (χ2n) is 9.78. The predicted molar refractivity (Wildman–Crippen MR) is 127 cm³/mol. The van der Waals surface area contributed by atoms with Gasteiger partial charge in [0.1, 0.15) is 0 Å². The molecular weight excluding hydrogens is 471 g/mol. The van der Waals surface area contributed by atoms with Crippen LogP contribution in [0.1, 0.15) is 29.5 Å². The first-order chi connectivity index (χ1) is 17.0. The van der Waals surface area contributed by atoms with Crippen LogP contribution in [0.5, 0.6) is 0 Å². The molecule has 2 aliphatic rings.